The minimum Gasteiger partial charge on any atom is -0.490 e. The van der Waals surface area contributed by atoms with E-state index in [1.54, 1.807) is 18.2 Å². The maximum Gasteiger partial charge on any atom is 0.324 e. The second-order valence-corrected chi connectivity index (χ2v) is 5.94. The zero-order valence-electron chi connectivity index (χ0n) is 11.0. The Labute approximate surface area is 120 Å². The van der Waals surface area contributed by atoms with Gasteiger partial charge in [-0.25, -0.2) is 0 Å². The first kappa shape index (κ1) is 14.6. The quantitative estimate of drug-likeness (QED) is 0.473. The summed E-state index contributed by atoms with van der Waals surface area (Å²) in [5, 5.41) is 20.0. The third-order valence-corrected chi connectivity index (χ3v) is 4.78. The molecule has 0 aliphatic heterocycles. The number of carboxylic acid groups (broad SMARTS) is 1. The van der Waals surface area contributed by atoms with Gasteiger partial charge in [0.1, 0.15) is 0 Å². The van der Waals surface area contributed by atoms with E-state index in [0.29, 0.717) is 10.6 Å². The predicted octanol–water partition coefficient (Wildman–Crippen LogP) is 2.95. The monoisotopic (exact) mass is 297 g/mol. The van der Waals surface area contributed by atoms with Gasteiger partial charge in [0, 0.05) is 5.75 Å². The largest absolute Gasteiger partial charge is 0.490 e. The lowest BCUT2D eigenvalue weighted by Gasteiger charge is -2.12. The summed E-state index contributed by atoms with van der Waals surface area (Å²) in [6.07, 6.45) is 1.85. The normalized spacial score (nSPS) is 15.7. The number of hydrogen-bond acceptors (Lipinski definition) is 5. The summed E-state index contributed by atoms with van der Waals surface area (Å²) in [7, 11) is 1.39. The minimum atomic E-state index is -0.816. The van der Waals surface area contributed by atoms with Crippen LogP contribution in [0.25, 0.3) is 0 Å². The Morgan fingerprint density at radius 2 is 2.25 bits per heavy atom. The van der Waals surface area contributed by atoms with Crippen molar-refractivity contribution in [3.05, 3.63) is 28.3 Å². The molecule has 1 aliphatic rings. The van der Waals surface area contributed by atoms with Crippen LogP contribution in [0.15, 0.2) is 23.1 Å². The smallest absolute Gasteiger partial charge is 0.324 e. The summed E-state index contributed by atoms with van der Waals surface area (Å²) < 4.78 is 5.01. The zero-order valence-corrected chi connectivity index (χ0v) is 11.8. The number of carbonyl (C=O) groups is 1. The van der Waals surface area contributed by atoms with Crippen molar-refractivity contribution in [1.82, 2.24) is 0 Å². The SMILES string of the molecule is COc1cccc(SCC2(CC(=O)O)CC2)c1[N+](=O)[O-]. The van der Waals surface area contributed by atoms with Crippen molar-refractivity contribution in [1.29, 1.82) is 0 Å². The molecule has 1 N–H and O–H groups in total. The lowest BCUT2D eigenvalue weighted by Crippen LogP contribution is -2.11. The van der Waals surface area contributed by atoms with Gasteiger partial charge in [0.05, 0.1) is 23.3 Å². The molecule has 0 unspecified atom stereocenters. The van der Waals surface area contributed by atoms with Crippen molar-refractivity contribution in [2.75, 3.05) is 12.9 Å². The van der Waals surface area contributed by atoms with E-state index in [0.717, 1.165) is 12.8 Å². The third-order valence-electron chi connectivity index (χ3n) is 3.38. The van der Waals surface area contributed by atoms with Gasteiger partial charge >= 0.3 is 11.7 Å². The highest BCUT2D eigenvalue weighted by molar-refractivity contribution is 7.99. The van der Waals surface area contributed by atoms with Crippen LogP contribution in [0, 0.1) is 15.5 Å². The molecular weight excluding hydrogens is 282 g/mol. The van der Waals surface area contributed by atoms with E-state index >= 15 is 0 Å². The van der Waals surface area contributed by atoms with Crippen molar-refractivity contribution >= 4 is 23.4 Å². The van der Waals surface area contributed by atoms with Crippen LogP contribution in [-0.2, 0) is 4.79 Å². The number of benzene rings is 1. The fourth-order valence-electron chi connectivity index (χ4n) is 2.06. The third kappa shape index (κ3) is 3.22. The molecule has 0 atom stereocenters. The number of hydrogen-bond donors (Lipinski definition) is 1. The summed E-state index contributed by atoms with van der Waals surface area (Å²) in [5.41, 5.74) is -0.251. The highest BCUT2D eigenvalue weighted by atomic mass is 32.2. The molecule has 0 bridgehead atoms. The summed E-state index contributed by atoms with van der Waals surface area (Å²) >= 11 is 1.33. The van der Waals surface area contributed by atoms with Gasteiger partial charge < -0.3 is 9.84 Å². The van der Waals surface area contributed by atoms with Crippen LogP contribution in [-0.4, -0.2) is 28.9 Å². The molecule has 1 fully saturated rings. The maximum atomic E-state index is 11.1. The van der Waals surface area contributed by atoms with E-state index in [-0.39, 0.29) is 23.3 Å². The van der Waals surface area contributed by atoms with Crippen LogP contribution < -0.4 is 4.74 Å². The number of rotatable bonds is 7. The Morgan fingerprint density at radius 1 is 1.55 bits per heavy atom. The van der Waals surface area contributed by atoms with Gasteiger partial charge in [0.15, 0.2) is 5.75 Å². The Kier molecular flexibility index (Phi) is 4.17. The highest BCUT2D eigenvalue weighted by Crippen LogP contribution is 2.53. The van der Waals surface area contributed by atoms with Gasteiger partial charge in [-0.2, -0.15) is 0 Å². The number of carboxylic acids is 1. The number of nitrogens with zero attached hydrogens (tertiary/aromatic N) is 1. The van der Waals surface area contributed by atoms with E-state index in [1.165, 1.54) is 18.9 Å². The molecule has 108 valence electrons. The van der Waals surface area contributed by atoms with Gasteiger partial charge in [-0.05, 0) is 30.4 Å². The molecule has 20 heavy (non-hydrogen) atoms. The number of methoxy groups -OCH3 is 1. The number of ether oxygens (including phenoxy) is 1. The molecule has 1 aromatic carbocycles. The Bertz CT molecular complexity index is 542. The molecule has 1 aliphatic carbocycles. The Balaban J connectivity index is 2.14. The van der Waals surface area contributed by atoms with Crippen LogP contribution in [0.5, 0.6) is 5.75 Å². The molecule has 1 saturated carbocycles. The molecule has 0 radical (unpaired) electrons. The van der Waals surface area contributed by atoms with E-state index in [4.69, 9.17) is 9.84 Å². The molecule has 0 aromatic heterocycles. The Morgan fingerprint density at radius 3 is 2.75 bits per heavy atom. The van der Waals surface area contributed by atoms with Gasteiger partial charge in [0.2, 0.25) is 0 Å². The fourth-order valence-corrected chi connectivity index (χ4v) is 3.40. The first-order valence-electron chi connectivity index (χ1n) is 6.13. The molecule has 0 spiro atoms. The number of thioether (sulfide) groups is 1. The van der Waals surface area contributed by atoms with Gasteiger partial charge in [-0.3, -0.25) is 14.9 Å². The predicted molar refractivity (Wildman–Crippen MR) is 74.3 cm³/mol. The van der Waals surface area contributed by atoms with Crippen LogP contribution in [0.4, 0.5) is 5.69 Å². The lowest BCUT2D eigenvalue weighted by atomic mass is 10.1. The summed E-state index contributed by atoms with van der Waals surface area (Å²) in [5.74, 6) is -0.0147. The molecule has 0 heterocycles. The average molecular weight is 297 g/mol. The highest BCUT2D eigenvalue weighted by Gasteiger charge is 2.44. The number of para-hydroxylation sites is 1. The second-order valence-electron chi connectivity index (χ2n) is 4.92. The fraction of sp³-hybridized carbons (Fsp3) is 0.462. The number of nitro benzene ring substituents is 1. The van der Waals surface area contributed by atoms with Gasteiger partial charge in [-0.1, -0.05) is 6.07 Å². The molecule has 2 rings (SSSR count). The topological polar surface area (TPSA) is 89.7 Å². The standard InChI is InChI=1S/C13H15NO5S/c1-19-9-3-2-4-10(12(9)14(17)18)20-8-13(5-6-13)7-11(15)16/h2-4H,5-8H2,1H3,(H,15,16). The van der Waals surface area contributed by atoms with Crippen molar-refractivity contribution in [2.45, 2.75) is 24.2 Å². The van der Waals surface area contributed by atoms with Crippen molar-refractivity contribution < 1.29 is 19.6 Å². The number of aliphatic carboxylic acids is 1. The van der Waals surface area contributed by atoms with Crippen molar-refractivity contribution in [3.63, 3.8) is 0 Å². The van der Waals surface area contributed by atoms with Crippen LogP contribution >= 0.6 is 11.8 Å². The molecule has 1 aromatic rings. The molecular formula is C13H15NO5S. The van der Waals surface area contributed by atoms with Crippen LogP contribution in [0.2, 0.25) is 0 Å². The number of nitro groups is 1. The summed E-state index contributed by atoms with van der Waals surface area (Å²) in [6, 6.07) is 4.92. The Hall–Kier alpha value is -1.76. The average Bonchev–Trinajstić information content (AvgIpc) is 3.14. The second kappa shape index (κ2) is 5.70. The zero-order chi connectivity index (χ0) is 14.8. The van der Waals surface area contributed by atoms with Crippen LogP contribution in [0.1, 0.15) is 19.3 Å². The van der Waals surface area contributed by atoms with E-state index in [9.17, 15) is 14.9 Å². The first-order chi connectivity index (χ1) is 9.47. The summed E-state index contributed by atoms with van der Waals surface area (Å²) in [6.45, 7) is 0. The lowest BCUT2D eigenvalue weighted by molar-refractivity contribution is -0.388. The van der Waals surface area contributed by atoms with Gasteiger partial charge in [-0.15, -0.1) is 11.8 Å². The molecule has 0 saturated heterocycles. The summed E-state index contributed by atoms with van der Waals surface area (Å²) in [4.78, 5) is 22.0. The minimum absolute atomic E-state index is 0.0499. The van der Waals surface area contributed by atoms with Crippen molar-refractivity contribution in [3.8, 4) is 5.75 Å². The van der Waals surface area contributed by atoms with E-state index in [2.05, 4.69) is 0 Å². The molecule has 7 heteroatoms. The van der Waals surface area contributed by atoms with Gasteiger partial charge in [0.25, 0.3) is 0 Å². The first-order valence-corrected chi connectivity index (χ1v) is 7.12. The van der Waals surface area contributed by atoms with E-state index < -0.39 is 10.9 Å². The molecule has 0 amide bonds. The van der Waals surface area contributed by atoms with E-state index in [1.807, 2.05) is 0 Å². The molecule has 6 nitrogen and oxygen atoms in total. The maximum absolute atomic E-state index is 11.1. The van der Waals surface area contributed by atoms with Crippen molar-refractivity contribution in [2.24, 2.45) is 5.41 Å². The van der Waals surface area contributed by atoms with Crippen LogP contribution in [0.3, 0.4) is 0 Å².